The van der Waals surface area contributed by atoms with Crippen LogP contribution >= 0.6 is 0 Å². The number of nitrogens with two attached hydrogens (primary N) is 1. The van der Waals surface area contributed by atoms with Crippen molar-refractivity contribution < 1.29 is 9.53 Å². The number of terminal acetylenes is 1. The summed E-state index contributed by atoms with van der Waals surface area (Å²) in [7, 11) is 0. The van der Waals surface area contributed by atoms with E-state index in [0.717, 1.165) is 0 Å². The van der Waals surface area contributed by atoms with Gasteiger partial charge in [-0.15, -0.1) is 12.3 Å². The van der Waals surface area contributed by atoms with E-state index in [9.17, 15) is 4.79 Å². The Kier molecular flexibility index (Phi) is 4.41. The molecule has 0 radical (unpaired) electrons. The number of hydrogen-bond donors (Lipinski definition) is 2. The third-order valence-corrected chi connectivity index (χ3v) is 4.04. The van der Waals surface area contributed by atoms with E-state index in [-0.39, 0.29) is 23.5 Å². The Morgan fingerprint density at radius 2 is 2.28 bits per heavy atom. The van der Waals surface area contributed by atoms with Gasteiger partial charge in [0.2, 0.25) is 5.91 Å². The maximum atomic E-state index is 12.2. The first kappa shape index (κ1) is 15.0. The molecule has 3 unspecified atom stereocenters. The number of rotatable bonds is 5. The number of nitrogens with one attached hydrogen (secondary N) is 1. The van der Waals surface area contributed by atoms with E-state index in [2.05, 4.69) is 11.2 Å². The van der Waals surface area contributed by atoms with Gasteiger partial charge in [-0.3, -0.25) is 4.79 Å². The van der Waals surface area contributed by atoms with Crippen LogP contribution < -0.4 is 11.1 Å². The van der Waals surface area contributed by atoms with Gasteiger partial charge in [0.1, 0.15) is 5.54 Å². The minimum atomic E-state index is -0.865. The van der Waals surface area contributed by atoms with Crippen LogP contribution in [0, 0.1) is 17.8 Å². The van der Waals surface area contributed by atoms with Gasteiger partial charge in [0.05, 0.1) is 6.10 Å². The number of ether oxygens (including phenoxy) is 1. The molecule has 1 rings (SSSR count). The highest BCUT2D eigenvalue weighted by atomic mass is 16.5. The van der Waals surface area contributed by atoms with E-state index in [1.165, 1.54) is 0 Å². The largest absolute Gasteiger partial charge is 0.378 e. The van der Waals surface area contributed by atoms with Gasteiger partial charge in [0, 0.05) is 30.9 Å². The minimum Gasteiger partial charge on any atom is -0.378 e. The van der Waals surface area contributed by atoms with E-state index >= 15 is 0 Å². The SMILES string of the molecule is C#CCC(C)NC(=O)C1(N)CC(OCC)C1(C)C. The standard InChI is InChI=1S/C14H24N2O2/c1-6-8-10(3)16-12(17)14(15)9-11(18-7-2)13(14,4)5/h1,10-11H,7-9,15H2,2-5H3,(H,16,17). The number of hydrogen-bond acceptors (Lipinski definition) is 3. The summed E-state index contributed by atoms with van der Waals surface area (Å²) in [6.45, 7) is 8.41. The summed E-state index contributed by atoms with van der Waals surface area (Å²) in [6, 6.07) is -0.0510. The molecule has 3 N–H and O–H groups in total. The molecule has 4 nitrogen and oxygen atoms in total. The predicted molar refractivity (Wildman–Crippen MR) is 71.8 cm³/mol. The lowest BCUT2D eigenvalue weighted by atomic mass is 9.54. The molecule has 1 fully saturated rings. The molecule has 102 valence electrons. The summed E-state index contributed by atoms with van der Waals surface area (Å²) in [5.41, 5.74) is 5.02. The minimum absolute atomic E-state index is 0.0428. The van der Waals surface area contributed by atoms with Crippen molar-refractivity contribution in [3.8, 4) is 12.3 Å². The van der Waals surface area contributed by atoms with Gasteiger partial charge >= 0.3 is 0 Å². The predicted octanol–water partition coefficient (Wildman–Crippen LogP) is 1.05. The highest BCUT2D eigenvalue weighted by Crippen LogP contribution is 2.49. The fraction of sp³-hybridized carbons (Fsp3) is 0.786. The molecule has 18 heavy (non-hydrogen) atoms. The van der Waals surface area contributed by atoms with E-state index in [1.54, 1.807) is 0 Å². The lowest BCUT2D eigenvalue weighted by Crippen LogP contribution is -2.76. The molecule has 0 heterocycles. The Hall–Kier alpha value is -1.05. The van der Waals surface area contributed by atoms with Crippen LogP contribution in [-0.2, 0) is 9.53 Å². The summed E-state index contributed by atoms with van der Waals surface area (Å²) < 4.78 is 5.60. The van der Waals surface area contributed by atoms with Crippen LogP contribution in [0.1, 0.15) is 40.5 Å². The van der Waals surface area contributed by atoms with Gasteiger partial charge in [-0.25, -0.2) is 0 Å². The monoisotopic (exact) mass is 252 g/mol. The maximum Gasteiger partial charge on any atom is 0.241 e. The zero-order valence-electron chi connectivity index (χ0n) is 11.7. The van der Waals surface area contributed by atoms with E-state index in [4.69, 9.17) is 16.9 Å². The fourth-order valence-electron chi connectivity index (χ4n) is 2.40. The summed E-state index contributed by atoms with van der Waals surface area (Å²) in [5.74, 6) is 2.40. The van der Waals surface area contributed by atoms with Crippen molar-refractivity contribution in [2.45, 2.75) is 58.2 Å². The van der Waals surface area contributed by atoms with Gasteiger partial charge in [-0.2, -0.15) is 0 Å². The van der Waals surface area contributed by atoms with Crippen LogP contribution in [0.25, 0.3) is 0 Å². The van der Waals surface area contributed by atoms with E-state index in [1.807, 2.05) is 27.7 Å². The van der Waals surface area contributed by atoms with Crippen LogP contribution in [0.5, 0.6) is 0 Å². The average Bonchev–Trinajstić information content (AvgIpc) is 2.28. The average molecular weight is 252 g/mol. The smallest absolute Gasteiger partial charge is 0.241 e. The molecule has 0 aliphatic heterocycles. The molecule has 1 aliphatic rings. The van der Waals surface area contributed by atoms with Crippen molar-refractivity contribution in [1.29, 1.82) is 0 Å². The highest BCUT2D eigenvalue weighted by Gasteiger charge is 2.62. The van der Waals surface area contributed by atoms with Crippen molar-refractivity contribution in [2.24, 2.45) is 11.1 Å². The van der Waals surface area contributed by atoms with Gasteiger partial charge < -0.3 is 15.8 Å². The van der Waals surface area contributed by atoms with Crippen LogP contribution in [-0.4, -0.2) is 30.2 Å². The van der Waals surface area contributed by atoms with E-state index < -0.39 is 5.54 Å². The normalized spacial score (nSPS) is 31.0. The van der Waals surface area contributed by atoms with Crippen molar-refractivity contribution in [1.82, 2.24) is 5.32 Å². The number of carbonyl (C=O) groups is 1. The molecule has 0 aromatic heterocycles. The number of carbonyl (C=O) groups excluding carboxylic acids is 1. The first-order chi connectivity index (χ1) is 8.29. The van der Waals surface area contributed by atoms with Gasteiger partial charge in [0.15, 0.2) is 0 Å². The van der Waals surface area contributed by atoms with Crippen LogP contribution in [0.2, 0.25) is 0 Å². The van der Waals surface area contributed by atoms with Crippen molar-refractivity contribution >= 4 is 5.91 Å². The molecule has 4 heteroatoms. The van der Waals surface area contributed by atoms with Crippen molar-refractivity contribution in [2.75, 3.05) is 6.61 Å². The Balaban J connectivity index is 2.67. The molecule has 1 saturated carbocycles. The molecular weight excluding hydrogens is 228 g/mol. The first-order valence-electron chi connectivity index (χ1n) is 6.44. The Morgan fingerprint density at radius 3 is 2.72 bits per heavy atom. The molecule has 1 amide bonds. The second-order valence-corrected chi connectivity index (χ2v) is 5.62. The number of amides is 1. The molecule has 0 aromatic carbocycles. The zero-order valence-corrected chi connectivity index (χ0v) is 11.7. The second-order valence-electron chi connectivity index (χ2n) is 5.62. The first-order valence-corrected chi connectivity index (χ1v) is 6.44. The van der Waals surface area contributed by atoms with Crippen molar-refractivity contribution in [3.63, 3.8) is 0 Å². The molecule has 0 aromatic rings. The fourth-order valence-corrected chi connectivity index (χ4v) is 2.40. The highest BCUT2D eigenvalue weighted by molar-refractivity contribution is 5.89. The van der Waals surface area contributed by atoms with Crippen LogP contribution in [0.15, 0.2) is 0 Å². The molecule has 1 aliphatic carbocycles. The molecule has 0 saturated heterocycles. The molecule has 0 spiro atoms. The summed E-state index contributed by atoms with van der Waals surface area (Å²) in [4.78, 5) is 12.2. The lowest BCUT2D eigenvalue weighted by molar-refractivity contribution is -0.171. The quantitative estimate of drug-likeness (QED) is 0.719. The third kappa shape index (κ3) is 2.38. The maximum absolute atomic E-state index is 12.2. The second kappa shape index (κ2) is 5.29. The summed E-state index contributed by atoms with van der Waals surface area (Å²) in [5, 5.41) is 2.88. The Bertz CT molecular complexity index is 359. The molecule has 0 bridgehead atoms. The zero-order chi connectivity index (χ0) is 14.0. The molecular formula is C14H24N2O2. The van der Waals surface area contributed by atoms with Gasteiger partial charge in [-0.05, 0) is 13.8 Å². The Morgan fingerprint density at radius 1 is 1.67 bits per heavy atom. The topological polar surface area (TPSA) is 64.4 Å². The van der Waals surface area contributed by atoms with Crippen LogP contribution in [0.3, 0.4) is 0 Å². The third-order valence-electron chi connectivity index (χ3n) is 4.04. The van der Waals surface area contributed by atoms with Gasteiger partial charge in [0.25, 0.3) is 0 Å². The van der Waals surface area contributed by atoms with Crippen LogP contribution in [0.4, 0.5) is 0 Å². The Labute approximate surface area is 110 Å². The summed E-state index contributed by atoms with van der Waals surface area (Å²) in [6.07, 6.45) is 6.33. The van der Waals surface area contributed by atoms with E-state index in [0.29, 0.717) is 19.4 Å². The molecule has 3 atom stereocenters. The van der Waals surface area contributed by atoms with Gasteiger partial charge in [-0.1, -0.05) is 13.8 Å². The summed E-state index contributed by atoms with van der Waals surface area (Å²) >= 11 is 0. The lowest BCUT2D eigenvalue weighted by Gasteiger charge is -2.57. The van der Waals surface area contributed by atoms with Crippen molar-refractivity contribution in [3.05, 3.63) is 0 Å².